The Balaban J connectivity index is 1.74. The number of carbonyl (C=O) groups is 1. The lowest BCUT2D eigenvalue weighted by molar-refractivity contribution is -0.120. The Labute approximate surface area is 163 Å². The number of hydrogen-bond acceptors (Lipinski definition) is 3. The second-order valence-electron chi connectivity index (χ2n) is 7.07. The van der Waals surface area contributed by atoms with E-state index in [9.17, 15) is 9.18 Å². The Kier molecular flexibility index (Phi) is 5.19. The molecule has 3 aromatic rings. The van der Waals surface area contributed by atoms with Gasteiger partial charge in [-0.3, -0.25) is 14.5 Å². The fourth-order valence-corrected chi connectivity index (χ4v) is 3.51. The van der Waals surface area contributed by atoms with Gasteiger partial charge < -0.3 is 5.32 Å². The van der Waals surface area contributed by atoms with E-state index in [2.05, 4.69) is 21.0 Å². The van der Waals surface area contributed by atoms with E-state index >= 15 is 0 Å². The average Bonchev–Trinajstić information content (AvgIpc) is 3.16. The Morgan fingerprint density at radius 1 is 1.18 bits per heavy atom. The van der Waals surface area contributed by atoms with Crippen LogP contribution in [-0.2, 0) is 24.3 Å². The fraction of sp³-hybridized carbons (Fsp3) is 0.318. The lowest BCUT2D eigenvalue weighted by Gasteiger charge is -2.12. The van der Waals surface area contributed by atoms with Gasteiger partial charge in [-0.1, -0.05) is 6.92 Å². The van der Waals surface area contributed by atoms with Crippen LogP contribution in [0.5, 0.6) is 0 Å². The molecule has 0 aliphatic carbocycles. The van der Waals surface area contributed by atoms with Crippen LogP contribution in [0.2, 0.25) is 0 Å². The van der Waals surface area contributed by atoms with Crippen molar-refractivity contribution in [2.45, 2.75) is 45.7 Å². The zero-order valence-electron chi connectivity index (χ0n) is 15.9. The van der Waals surface area contributed by atoms with Crippen molar-refractivity contribution in [2.24, 2.45) is 0 Å². The van der Waals surface area contributed by atoms with Crippen LogP contribution >= 0.6 is 0 Å². The number of nitrogens with one attached hydrogen (secondary N) is 1. The van der Waals surface area contributed by atoms with E-state index in [0.29, 0.717) is 13.0 Å². The highest BCUT2D eigenvalue weighted by Gasteiger charge is 2.17. The molecule has 1 N–H and O–H groups in total. The molecule has 1 amide bonds. The SMILES string of the molecule is CCC(=O)NCc1cnc(-c2ccc(F)cc2)cc1-c1cc2n(n1)CCCC2. The molecule has 5 nitrogen and oxygen atoms in total. The maximum atomic E-state index is 13.3. The van der Waals surface area contributed by atoms with E-state index in [1.54, 1.807) is 18.3 Å². The van der Waals surface area contributed by atoms with E-state index in [4.69, 9.17) is 5.10 Å². The van der Waals surface area contributed by atoms with Crippen molar-refractivity contribution in [3.05, 3.63) is 59.7 Å². The van der Waals surface area contributed by atoms with Crippen molar-refractivity contribution in [3.63, 3.8) is 0 Å². The molecule has 144 valence electrons. The monoisotopic (exact) mass is 378 g/mol. The van der Waals surface area contributed by atoms with Gasteiger partial charge in [0.2, 0.25) is 5.91 Å². The van der Waals surface area contributed by atoms with Crippen LogP contribution in [0.4, 0.5) is 4.39 Å². The first-order chi connectivity index (χ1) is 13.6. The molecule has 0 bridgehead atoms. The zero-order valence-corrected chi connectivity index (χ0v) is 15.9. The van der Waals surface area contributed by atoms with Gasteiger partial charge in [-0.15, -0.1) is 0 Å². The number of amides is 1. The molecule has 2 aromatic heterocycles. The van der Waals surface area contributed by atoms with Crippen LogP contribution in [0.15, 0.2) is 42.6 Å². The summed E-state index contributed by atoms with van der Waals surface area (Å²) in [4.78, 5) is 16.3. The van der Waals surface area contributed by atoms with E-state index in [1.165, 1.54) is 24.2 Å². The highest BCUT2D eigenvalue weighted by molar-refractivity contribution is 5.76. The topological polar surface area (TPSA) is 59.8 Å². The van der Waals surface area contributed by atoms with Gasteiger partial charge in [-0.05, 0) is 61.2 Å². The van der Waals surface area contributed by atoms with Gasteiger partial charge in [0.15, 0.2) is 0 Å². The van der Waals surface area contributed by atoms with Crippen molar-refractivity contribution in [2.75, 3.05) is 0 Å². The molecule has 0 saturated heterocycles. The predicted molar refractivity (Wildman–Crippen MR) is 106 cm³/mol. The highest BCUT2D eigenvalue weighted by Crippen LogP contribution is 2.29. The van der Waals surface area contributed by atoms with E-state index in [0.717, 1.165) is 47.5 Å². The van der Waals surface area contributed by atoms with Crippen molar-refractivity contribution in [1.29, 1.82) is 0 Å². The minimum absolute atomic E-state index is 0.00213. The Bertz CT molecular complexity index is 971. The molecule has 28 heavy (non-hydrogen) atoms. The fourth-order valence-electron chi connectivity index (χ4n) is 3.51. The van der Waals surface area contributed by atoms with E-state index < -0.39 is 0 Å². The Morgan fingerprint density at radius 2 is 2.00 bits per heavy atom. The third-order valence-corrected chi connectivity index (χ3v) is 5.12. The summed E-state index contributed by atoms with van der Waals surface area (Å²) in [5.41, 5.74) is 5.60. The molecule has 3 heterocycles. The first kappa shape index (κ1) is 18.3. The quantitative estimate of drug-likeness (QED) is 0.727. The molecule has 1 aromatic carbocycles. The summed E-state index contributed by atoms with van der Waals surface area (Å²) in [6, 6.07) is 10.4. The van der Waals surface area contributed by atoms with Crippen LogP contribution in [0.3, 0.4) is 0 Å². The molecule has 0 fully saturated rings. The minimum atomic E-state index is -0.273. The van der Waals surface area contributed by atoms with Gasteiger partial charge in [0.25, 0.3) is 0 Å². The number of pyridine rings is 1. The molecule has 0 unspecified atom stereocenters. The molecular formula is C22H23FN4O. The minimum Gasteiger partial charge on any atom is -0.352 e. The number of fused-ring (bicyclic) bond motifs is 1. The molecule has 1 aliphatic heterocycles. The summed E-state index contributed by atoms with van der Waals surface area (Å²) in [5.74, 6) is -0.276. The number of benzene rings is 1. The summed E-state index contributed by atoms with van der Waals surface area (Å²) in [5, 5.41) is 7.72. The number of rotatable bonds is 5. The lowest BCUT2D eigenvalue weighted by Crippen LogP contribution is -2.22. The number of aromatic nitrogens is 3. The lowest BCUT2D eigenvalue weighted by atomic mass is 10.0. The van der Waals surface area contributed by atoms with E-state index in [1.807, 2.05) is 13.0 Å². The van der Waals surface area contributed by atoms with Crippen LogP contribution in [0, 0.1) is 5.82 Å². The second kappa shape index (κ2) is 7.92. The molecule has 0 atom stereocenters. The number of halogens is 1. The van der Waals surface area contributed by atoms with Crippen LogP contribution in [0.1, 0.15) is 37.4 Å². The first-order valence-electron chi connectivity index (χ1n) is 9.72. The summed E-state index contributed by atoms with van der Waals surface area (Å²) in [7, 11) is 0. The molecular weight excluding hydrogens is 355 g/mol. The molecule has 6 heteroatoms. The standard InChI is InChI=1S/C22H23FN4O/c1-2-22(28)25-14-16-13-24-20(15-6-8-17(23)9-7-15)12-19(16)21-11-18-5-3-4-10-27(18)26-21/h6-9,11-13H,2-5,10,14H2,1H3,(H,25,28). The average molecular weight is 378 g/mol. The Hall–Kier alpha value is -3.02. The normalized spacial score (nSPS) is 13.2. The number of carbonyl (C=O) groups excluding carboxylic acids is 1. The summed E-state index contributed by atoms with van der Waals surface area (Å²) >= 11 is 0. The summed E-state index contributed by atoms with van der Waals surface area (Å²) in [6.45, 7) is 3.17. The highest BCUT2D eigenvalue weighted by atomic mass is 19.1. The number of aryl methyl sites for hydroxylation is 2. The van der Waals surface area contributed by atoms with Gasteiger partial charge in [0, 0.05) is 42.5 Å². The van der Waals surface area contributed by atoms with Gasteiger partial charge >= 0.3 is 0 Å². The van der Waals surface area contributed by atoms with Gasteiger partial charge in [0.1, 0.15) is 5.82 Å². The molecule has 0 saturated carbocycles. The van der Waals surface area contributed by atoms with Gasteiger partial charge in [-0.2, -0.15) is 5.10 Å². The smallest absolute Gasteiger partial charge is 0.219 e. The van der Waals surface area contributed by atoms with Gasteiger partial charge in [0.05, 0.1) is 11.4 Å². The van der Waals surface area contributed by atoms with Crippen LogP contribution < -0.4 is 5.32 Å². The molecule has 0 radical (unpaired) electrons. The Morgan fingerprint density at radius 3 is 2.75 bits per heavy atom. The largest absolute Gasteiger partial charge is 0.352 e. The van der Waals surface area contributed by atoms with Crippen molar-refractivity contribution in [1.82, 2.24) is 20.1 Å². The van der Waals surface area contributed by atoms with Crippen LogP contribution in [0.25, 0.3) is 22.5 Å². The number of hydrogen-bond donors (Lipinski definition) is 1. The summed E-state index contributed by atoms with van der Waals surface area (Å²) in [6.07, 6.45) is 5.58. The third kappa shape index (κ3) is 3.81. The second-order valence-corrected chi connectivity index (χ2v) is 7.07. The third-order valence-electron chi connectivity index (χ3n) is 5.12. The molecule has 4 rings (SSSR count). The maximum absolute atomic E-state index is 13.3. The summed E-state index contributed by atoms with van der Waals surface area (Å²) < 4.78 is 15.4. The zero-order chi connectivity index (χ0) is 19.5. The number of nitrogens with zero attached hydrogens (tertiary/aromatic N) is 3. The molecule has 0 spiro atoms. The maximum Gasteiger partial charge on any atom is 0.219 e. The van der Waals surface area contributed by atoms with E-state index in [-0.39, 0.29) is 11.7 Å². The first-order valence-corrected chi connectivity index (χ1v) is 9.72. The van der Waals surface area contributed by atoms with Crippen molar-refractivity contribution in [3.8, 4) is 22.5 Å². The van der Waals surface area contributed by atoms with Crippen molar-refractivity contribution >= 4 is 5.91 Å². The van der Waals surface area contributed by atoms with Crippen LogP contribution in [-0.4, -0.2) is 20.7 Å². The van der Waals surface area contributed by atoms with Crippen molar-refractivity contribution < 1.29 is 9.18 Å². The van der Waals surface area contributed by atoms with Gasteiger partial charge in [-0.25, -0.2) is 4.39 Å². The molecule has 1 aliphatic rings. The predicted octanol–water partition coefficient (Wildman–Crippen LogP) is 4.11.